The van der Waals surface area contributed by atoms with Crippen LogP contribution in [0.25, 0.3) is 0 Å². The Morgan fingerprint density at radius 2 is 1.96 bits per heavy atom. The van der Waals surface area contributed by atoms with E-state index in [2.05, 4.69) is 0 Å². The SMILES string of the molecule is COc1ccc(C(=O)O)cc1S(=O)(=O)N1C[C@@H](C(N)=O)Oc2ccccc21. The van der Waals surface area contributed by atoms with Crippen LogP contribution in [-0.4, -0.2) is 45.2 Å². The molecule has 0 aromatic heterocycles. The lowest BCUT2D eigenvalue weighted by atomic mass is 10.2. The Morgan fingerprint density at radius 1 is 1.26 bits per heavy atom. The molecule has 1 atom stereocenters. The largest absolute Gasteiger partial charge is 0.495 e. The number of rotatable bonds is 5. The minimum absolute atomic E-state index is 0.0282. The average molecular weight is 392 g/mol. The Morgan fingerprint density at radius 3 is 2.59 bits per heavy atom. The van der Waals surface area contributed by atoms with Crippen LogP contribution in [0, 0.1) is 0 Å². The summed E-state index contributed by atoms with van der Waals surface area (Å²) in [5, 5.41) is 9.19. The molecular weight excluding hydrogens is 376 g/mol. The Balaban J connectivity index is 2.18. The van der Waals surface area contributed by atoms with E-state index in [9.17, 15) is 23.1 Å². The van der Waals surface area contributed by atoms with Gasteiger partial charge in [0.15, 0.2) is 6.10 Å². The molecule has 1 amide bonds. The second kappa shape index (κ2) is 6.80. The molecule has 0 bridgehead atoms. The number of carboxylic acid groups (broad SMARTS) is 1. The molecule has 10 heteroatoms. The van der Waals surface area contributed by atoms with Crippen molar-refractivity contribution in [2.75, 3.05) is 18.0 Å². The summed E-state index contributed by atoms with van der Waals surface area (Å²) in [7, 11) is -3.01. The van der Waals surface area contributed by atoms with Gasteiger partial charge in [-0.25, -0.2) is 13.2 Å². The van der Waals surface area contributed by atoms with Gasteiger partial charge >= 0.3 is 5.97 Å². The van der Waals surface area contributed by atoms with E-state index in [0.29, 0.717) is 0 Å². The highest BCUT2D eigenvalue weighted by molar-refractivity contribution is 7.93. The standard InChI is InChI=1S/C17H16N2O7S/c1-25-13-7-6-10(17(21)22)8-15(13)27(23,24)19-9-14(16(18)20)26-12-5-3-2-4-11(12)19/h2-8,14H,9H2,1H3,(H2,18,20)(H,21,22)/t14-/m0/s1. The summed E-state index contributed by atoms with van der Waals surface area (Å²) in [6, 6.07) is 9.76. The summed E-state index contributed by atoms with van der Waals surface area (Å²) in [4.78, 5) is 22.5. The fraction of sp³-hybridized carbons (Fsp3) is 0.176. The zero-order valence-electron chi connectivity index (χ0n) is 14.2. The molecule has 3 rings (SSSR count). The maximum atomic E-state index is 13.3. The first-order chi connectivity index (χ1) is 12.8. The molecular formula is C17H16N2O7S. The van der Waals surface area contributed by atoms with Crippen LogP contribution in [0.4, 0.5) is 5.69 Å². The van der Waals surface area contributed by atoms with Crippen LogP contribution < -0.4 is 19.5 Å². The van der Waals surface area contributed by atoms with Crippen molar-refractivity contribution in [3.8, 4) is 11.5 Å². The molecule has 1 aliphatic rings. The first-order valence-corrected chi connectivity index (χ1v) is 9.18. The molecule has 0 aliphatic carbocycles. The predicted molar refractivity (Wildman–Crippen MR) is 94.5 cm³/mol. The molecule has 0 radical (unpaired) electrons. The number of carboxylic acids is 1. The molecule has 0 saturated heterocycles. The summed E-state index contributed by atoms with van der Waals surface area (Å²) in [5.41, 5.74) is 5.29. The van der Waals surface area contributed by atoms with Crippen molar-refractivity contribution in [1.82, 2.24) is 0 Å². The van der Waals surface area contributed by atoms with E-state index in [4.69, 9.17) is 15.2 Å². The number of hydrogen-bond donors (Lipinski definition) is 2. The van der Waals surface area contributed by atoms with E-state index < -0.39 is 28.0 Å². The van der Waals surface area contributed by atoms with E-state index in [1.807, 2.05) is 0 Å². The first kappa shape index (κ1) is 18.5. The van der Waals surface area contributed by atoms with Crippen molar-refractivity contribution in [1.29, 1.82) is 0 Å². The van der Waals surface area contributed by atoms with Gasteiger partial charge in [0.1, 0.15) is 16.4 Å². The third kappa shape index (κ3) is 3.26. The second-order valence-corrected chi connectivity index (χ2v) is 7.51. The highest BCUT2D eigenvalue weighted by Crippen LogP contribution is 2.38. The highest BCUT2D eigenvalue weighted by atomic mass is 32.2. The summed E-state index contributed by atoms with van der Waals surface area (Å²) in [6.07, 6.45) is -1.19. The Hall–Kier alpha value is -3.27. The van der Waals surface area contributed by atoms with Crippen LogP contribution in [0.2, 0.25) is 0 Å². The number of amides is 1. The quantitative estimate of drug-likeness (QED) is 0.769. The maximum Gasteiger partial charge on any atom is 0.335 e. The average Bonchev–Trinajstić information content (AvgIpc) is 2.66. The topological polar surface area (TPSA) is 136 Å². The lowest BCUT2D eigenvalue weighted by molar-refractivity contribution is -0.124. The van der Waals surface area contributed by atoms with Crippen molar-refractivity contribution < 1.29 is 32.6 Å². The van der Waals surface area contributed by atoms with Gasteiger partial charge in [-0.05, 0) is 30.3 Å². The number of fused-ring (bicyclic) bond motifs is 1. The first-order valence-electron chi connectivity index (χ1n) is 7.74. The summed E-state index contributed by atoms with van der Waals surface area (Å²) >= 11 is 0. The number of nitrogens with zero attached hydrogens (tertiary/aromatic N) is 1. The smallest absolute Gasteiger partial charge is 0.335 e. The van der Waals surface area contributed by atoms with Crippen molar-refractivity contribution in [2.24, 2.45) is 5.73 Å². The van der Waals surface area contributed by atoms with Crippen LogP contribution >= 0.6 is 0 Å². The number of primary amides is 1. The van der Waals surface area contributed by atoms with Crippen LogP contribution in [0.5, 0.6) is 11.5 Å². The number of nitrogens with two attached hydrogens (primary N) is 1. The van der Waals surface area contributed by atoms with Gasteiger partial charge in [-0.2, -0.15) is 0 Å². The monoisotopic (exact) mass is 392 g/mol. The number of carbonyl (C=O) groups is 2. The fourth-order valence-corrected chi connectivity index (χ4v) is 4.37. The minimum Gasteiger partial charge on any atom is -0.495 e. The summed E-state index contributed by atoms with van der Waals surface area (Å²) in [5.74, 6) is -1.97. The minimum atomic E-state index is -4.28. The maximum absolute atomic E-state index is 13.3. The number of carbonyl (C=O) groups excluding carboxylic acids is 1. The predicted octanol–water partition coefficient (Wildman–Crippen LogP) is 0.835. The molecule has 0 fully saturated rings. The van der Waals surface area contributed by atoms with E-state index in [1.165, 1.54) is 31.4 Å². The van der Waals surface area contributed by atoms with Crippen molar-refractivity contribution in [3.05, 3.63) is 48.0 Å². The number of benzene rings is 2. The molecule has 0 spiro atoms. The third-order valence-corrected chi connectivity index (χ3v) is 5.83. The Kier molecular flexibility index (Phi) is 4.66. The molecule has 1 aliphatic heterocycles. The highest BCUT2D eigenvalue weighted by Gasteiger charge is 2.38. The normalized spacial score (nSPS) is 16.2. The zero-order chi connectivity index (χ0) is 19.8. The van der Waals surface area contributed by atoms with Crippen molar-refractivity contribution in [2.45, 2.75) is 11.0 Å². The van der Waals surface area contributed by atoms with Gasteiger partial charge < -0.3 is 20.3 Å². The molecule has 27 heavy (non-hydrogen) atoms. The third-order valence-electron chi connectivity index (χ3n) is 4.03. The summed E-state index contributed by atoms with van der Waals surface area (Å²) in [6.45, 7) is -0.352. The van der Waals surface area contributed by atoms with Crippen LogP contribution in [-0.2, 0) is 14.8 Å². The van der Waals surface area contributed by atoms with Gasteiger partial charge in [-0.15, -0.1) is 0 Å². The Labute approximate surface area is 155 Å². The second-order valence-electron chi connectivity index (χ2n) is 5.68. The van der Waals surface area contributed by atoms with Crippen molar-refractivity contribution in [3.63, 3.8) is 0 Å². The van der Waals surface area contributed by atoms with Gasteiger partial charge in [0.05, 0.1) is 24.9 Å². The van der Waals surface area contributed by atoms with Crippen molar-refractivity contribution >= 4 is 27.6 Å². The van der Waals surface area contributed by atoms with Gasteiger partial charge in [-0.3, -0.25) is 9.10 Å². The van der Waals surface area contributed by atoms with Crippen LogP contribution in [0.15, 0.2) is 47.4 Å². The molecule has 2 aromatic carbocycles. The number of aromatic carboxylic acids is 1. The number of ether oxygens (including phenoxy) is 2. The molecule has 3 N–H and O–H groups in total. The molecule has 1 heterocycles. The van der Waals surface area contributed by atoms with Gasteiger partial charge in [-0.1, -0.05) is 12.1 Å². The molecule has 0 unspecified atom stereocenters. The molecule has 9 nitrogen and oxygen atoms in total. The lowest BCUT2D eigenvalue weighted by Gasteiger charge is -2.34. The summed E-state index contributed by atoms with van der Waals surface area (Å²) < 4.78 is 38.2. The molecule has 2 aromatic rings. The van der Waals surface area contributed by atoms with E-state index >= 15 is 0 Å². The van der Waals surface area contributed by atoms with Gasteiger partial charge in [0, 0.05) is 0 Å². The van der Waals surface area contributed by atoms with Crippen LogP contribution in [0.3, 0.4) is 0 Å². The Bertz CT molecular complexity index is 1020. The fourth-order valence-electron chi connectivity index (χ4n) is 2.71. The number of anilines is 1. The van der Waals surface area contributed by atoms with Gasteiger partial charge in [0.25, 0.3) is 15.9 Å². The van der Waals surface area contributed by atoms with E-state index in [-0.39, 0.29) is 34.2 Å². The van der Waals surface area contributed by atoms with Gasteiger partial charge in [0.2, 0.25) is 0 Å². The zero-order valence-corrected chi connectivity index (χ0v) is 15.0. The van der Waals surface area contributed by atoms with E-state index in [1.54, 1.807) is 12.1 Å². The molecule has 0 saturated carbocycles. The lowest BCUT2D eigenvalue weighted by Crippen LogP contribution is -2.49. The number of sulfonamides is 1. The van der Waals surface area contributed by atoms with Crippen LogP contribution in [0.1, 0.15) is 10.4 Å². The molecule has 142 valence electrons. The number of methoxy groups -OCH3 is 1. The number of hydrogen-bond acceptors (Lipinski definition) is 6. The number of para-hydroxylation sites is 2. The van der Waals surface area contributed by atoms with E-state index in [0.717, 1.165) is 10.4 Å².